The Morgan fingerprint density at radius 3 is 2.48 bits per heavy atom. The number of hydrogen-bond donors (Lipinski definition) is 4. The normalized spacial score (nSPS) is 15.3. The molecule has 1 fully saturated rings. The highest BCUT2D eigenvalue weighted by atomic mass is 16.5. The second-order valence-corrected chi connectivity index (χ2v) is 10.1. The van der Waals surface area contributed by atoms with Crippen LogP contribution in [0, 0.1) is 0 Å². The molecule has 1 aromatic heterocycles. The molecule has 4 rings (SSSR count). The number of ether oxygens (including phenoxy) is 2. The Bertz CT molecular complexity index is 1310. The van der Waals surface area contributed by atoms with Crippen molar-refractivity contribution in [3.63, 3.8) is 0 Å². The van der Waals surface area contributed by atoms with Gasteiger partial charge in [-0.05, 0) is 61.4 Å². The quantitative estimate of drug-likeness (QED) is 0.208. The molecule has 1 atom stereocenters. The van der Waals surface area contributed by atoms with Crippen LogP contribution in [0.4, 0.5) is 17.3 Å². The van der Waals surface area contributed by atoms with Crippen molar-refractivity contribution >= 4 is 29.1 Å². The van der Waals surface area contributed by atoms with E-state index in [1.165, 1.54) is 6.20 Å². The van der Waals surface area contributed by atoms with Gasteiger partial charge in [-0.1, -0.05) is 0 Å². The summed E-state index contributed by atoms with van der Waals surface area (Å²) in [7, 11) is 4.92. The lowest BCUT2D eigenvalue weighted by molar-refractivity contribution is -1.07. The molecule has 0 bridgehead atoms. The Hall–Kier alpha value is -4.42. The topological polar surface area (TPSA) is 152 Å². The summed E-state index contributed by atoms with van der Waals surface area (Å²) in [6.45, 7) is 2.07. The SMILES string of the molecule is COc1ccc(C(=O)N[C@@H]2CCCN(c3cnc(C(N)=O)c(Nc4ccc(OCC[N+](C)(C)O)cc4)n3)C2)cc1. The van der Waals surface area contributed by atoms with Gasteiger partial charge in [-0.2, -0.15) is 4.65 Å². The molecule has 0 saturated carbocycles. The van der Waals surface area contributed by atoms with E-state index in [1.807, 2.05) is 4.90 Å². The van der Waals surface area contributed by atoms with E-state index in [1.54, 1.807) is 69.7 Å². The second kappa shape index (κ2) is 12.6. The van der Waals surface area contributed by atoms with Crippen LogP contribution in [0.5, 0.6) is 11.5 Å². The molecule has 0 radical (unpaired) electrons. The predicted molar refractivity (Wildman–Crippen MR) is 150 cm³/mol. The van der Waals surface area contributed by atoms with Gasteiger partial charge in [0.1, 0.15) is 30.5 Å². The highest BCUT2D eigenvalue weighted by Crippen LogP contribution is 2.25. The number of nitrogens with two attached hydrogens (primary N) is 1. The number of rotatable bonds is 11. The van der Waals surface area contributed by atoms with Crippen molar-refractivity contribution in [1.82, 2.24) is 15.3 Å². The number of primary amides is 1. The summed E-state index contributed by atoms with van der Waals surface area (Å²) in [6.07, 6.45) is 3.21. The van der Waals surface area contributed by atoms with Gasteiger partial charge in [0, 0.05) is 30.4 Å². The minimum absolute atomic E-state index is 0.0217. The van der Waals surface area contributed by atoms with Crippen LogP contribution in [0.1, 0.15) is 33.7 Å². The van der Waals surface area contributed by atoms with E-state index in [4.69, 9.17) is 15.2 Å². The third-order valence-corrected chi connectivity index (χ3v) is 6.45. The smallest absolute Gasteiger partial charge is 0.271 e. The number of aromatic nitrogens is 2. The van der Waals surface area contributed by atoms with Crippen LogP contribution in [0.2, 0.25) is 0 Å². The number of quaternary nitrogens is 1. The molecule has 2 aromatic carbocycles. The number of amides is 2. The Kier molecular flexibility index (Phi) is 9.02. The lowest BCUT2D eigenvalue weighted by atomic mass is 10.0. The average molecular weight is 551 g/mol. The first kappa shape index (κ1) is 28.6. The number of hydrogen-bond acceptors (Lipinski definition) is 9. The molecular weight excluding hydrogens is 514 g/mol. The summed E-state index contributed by atoms with van der Waals surface area (Å²) < 4.78 is 10.7. The fourth-order valence-electron chi connectivity index (χ4n) is 4.27. The molecule has 0 spiro atoms. The van der Waals surface area contributed by atoms with Gasteiger partial charge in [0.2, 0.25) is 0 Å². The number of nitrogens with zero attached hydrogens (tertiary/aromatic N) is 4. The van der Waals surface area contributed by atoms with Crippen molar-refractivity contribution in [2.75, 3.05) is 57.7 Å². The number of benzene rings is 2. The van der Waals surface area contributed by atoms with Crippen LogP contribution in [-0.2, 0) is 0 Å². The number of hydroxylamine groups is 3. The zero-order valence-corrected chi connectivity index (χ0v) is 23.0. The average Bonchev–Trinajstić information content (AvgIpc) is 2.93. The first-order chi connectivity index (χ1) is 19.1. The summed E-state index contributed by atoms with van der Waals surface area (Å²) in [5.41, 5.74) is 6.82. The maximum absolute atomic E-state index is 12.8. The van der Waals surface area contributed by atoms with Gasteiger partial charge in [0.15, 0.2) is 11.5 Å². The Labute approximate surface area is 233 Å². The molecule has 40 heavy (non-hydrogen) atoms. The van der Waals surface area contributed by atoms with E-state index in [0.29, 0.717) is 48.3 Å². The van der Waals surface area contributed by atoms with E-state index in [2.05, 4.69) is 20.6 Å². The zero-order valence-electron chi connectivity index (χ0n) is 23.0. The van der Waals surface area contributed by atoms with E-state index >= 15 is 0 Å². The Morgan fingerprint density at radius 1 is 1.12 bits per heavy atom. The minimum atomic E-state index is -0.700. The largest absolute Gasteiger partial charge is 0.497 e. The van der Waals surface area contributed by atoms with Crippen molar-refractivity contribution < 1.29 is 28.9 Å². The number of nitrogens with one attached hydrogen (secondary N) is 2. The number of piperidine rings is 1. The van der Waals surface area contributed by atoms with Crippen LogP contribution in [0.15, 0.2) is 54.7 Å². The minimum Gasteiger partial charge on any atom is -0.497 e. The molecule has 0 unspecified atom stereocenters. The lowest BCUT2D eigenvalue weighted by Crippen LogP contribution is -2.48. The summed E-state index contributed by atoms with van der Waals surface area (Å²) in [5.74, 6) is 1.29. The fourth-order valence-corrected chi connectivity index (χ4v) is 4.27. The molecule has 2 amide bonds. The number of carbonyl (C=O) groups is 2. The molecule has 1 aliphatic rings. The van der Waals surface area contributed by atoms with Crippen molar-refractivity contribution in [1.29, 1.82) is 0 Å². The number of carbonyl (C=O) groups excluding carboxylic acids is 2. The zero-order chi connectivity index (χ0) is 28.7. The third kappa shape index (κ3) is 7.80. The Morgan fingerprint density at radius 2 is 1.82 bits per heavy atom. The molecule has 0 aliphatic carbocycles. The Balaban J connectivity index is 1.42. The van der Waals surface area contributed by atoms with Crippen molar-refractivity contribution in [3.05, 3.63) is 66.0 Å². The van der Waals surface area contributed by atoms with Crippen molar-refractivity contribution in [3.8, 4) is 11.5 Å². The standard InChI is InChI=1S/C28H35N7O5/c1-35(2,38)15-16-40-23-12-8-20(9-13-23)31-27-25(26(29)36)30-17-24(33-27)34-14-4-5-21(18-34)32-28(37)19-6-10-22(39-3)11-7-19/h6-13,17,21,38H,4-5,14-16,18H2,1-3H3,(H3-,29,31,32,33,36,37)/p+1/t21-/m1/s1. The number of likely N-dealkylation sites (N-methyl/N-ethyl adjacent to an activating group) is 1. The third-order valence-electron chi connectivity index (χ3n) is 6.45. The van der Waals surface area contributed by atoms with E-state index in [-0.39, 0.29) is 28.1 Å². The van der Waals surface area contributed by atoms with E-state index in [0.717, 1.165) is 19.4 Å². The molecule has 12 heteroatoms. The van der Waals surface area contributed by atoms with Gasteiger partial charge in [0.05, 0.1) is 27.4 Å². The molecular formula is C28H36N7O5+. The van der Waals surface area contributed by atoms with Crippen LogP contribution in [0.25, 0.3) is 0 Å². The van der Waals surface area contributed by atoms with Crippen molar-refractivity contribution in [2.45, 2.75) is 18.9 Å². The van der Waals surface area contributed by atoms with Crippen LogP contribution in [0.3, 0.4) is 0 Å². The predicted octanol–water partition coefficient (Wildman–Crippen LogP) is 2.57. The molecule has 5 N–H and O–H groups in total. The van der Waals surface area contributed by atoms with Crippen molar-refractivity contribution in [2.24, 2.45) is 5.73 Å². The highest BCUT2D eigenvalue weighted by Gasteiger charge is 2.24. The van der Waals surface area contributed by atoms with E-state index < -0.39 is 5.91 Å². The maximum Gasteiger partial charge on any atom is 0.271 e. The fraction of sp³-hybridized carbons (Fsp3) is 0.357. The molecule has 212 valence electrons. The summed E-state index contributed by atoms with van der Waals surface area (Å²) in [6, 6.07) is 14.0. The van der Waals surface area contributed by atoms with Gasteiger partial charge in [0.25, 0.3) is 11.8 Å². The van der Waals surface area contributed by atoms with Gasteiger partial charge in [-0.3, -0.25) is 9.59 Å². The molecule has 2 heterocycles. The first-order valence-corrected chi connectivity index (χ1v) is 13.0. The summed E-state index contributed by atoms with van der Waals surface area (Å²) in [5, 5.41) is 16.0. The molecule has 1 aliphatic heterocycles. The number of anilines is 3. The van der Waals surface area contributed by atoms with Gasteiger partial charge in [-0.25, -0.2) is 15.2 Å². The van der Waals surface area contributed by atoms with Gasteiger partial charge in [-0.15, -0.1) is 0 Å². The van der Waals surface area contributed by atoms with Gasteiger partial charge >= 0.3 is 0 Å². The summed E-state index contributed by atoms with van der Waals surface area (Å²) >= 11 is 0. The molecule has 3 aromatic rings. The molecule has 12 nitrogen and oxygen atoms in total. The lowest BCUT2D eigenvalue weighted by Gasteiger charge is -2.34. The number of methoxy groups -OCH3 is 1. The van der Waals surface area contributed by atoms with Gasteiger partial charge < -0.3 is 30.7 Å². The monoisotopic (exact) mass is 550 g/mol. The van der Waals surface area contributed by atoms with Crippen LogP contribution in [-0.4, -0.2) is 85.1 Å². The summed E-state index contributed by atoms with van der Waals surface area (Å²) in [4.78, 5) is 35.8. The molecule has 1 saturated heterocycles. The van der Waals surface area contributed by atoms with Crippen LogP contribution >= 0.6 is 0 Å². The van der Waals surface area contributed by atoms with Crippen LogP contribution < -0.4 is 30.7 Å². The second-order valence-electron chi connectivity index (χ2n) is 10.1. The highest BCUT2D eigenvalue weighted by molar-refractivity contribution is 5.96. The van der Waals surface area contributed by atoms with E-state index in [9.17, 15) is 14.8 Å². The first-order valence-electron chi connectivity index (χ1n) is 13.0. The maximum atomic E-state index is 12.8.